The molecule has 1 fully saturated rings. The van der Waals surface area contributed by atoms with Gasteiger partial charge in [0.15, 0.2) is 5.82 Å². The average Bonchev–Trinajstić information content (AvgIpc) is 2.86. The molecule has 1 saturated carbocycles. The first-order valence-corrected chi connectivity index (χ1v) is 6.62. The van der Waals surface area contributed by atoms with E-state index in [9.17, 15) is 13.2 Å². The number of ether oxygens (including phenoxy) is 1. The molecule has 2 aliphatic rings. The molecular weight excluding hydrogens is 273 g/mol. The van der Waals surface area contributed by atoms with E-state index in [1.807, 2.05) is 13.8 Å². The smallest absolute Gasteiger partial charge is 0.379 e. The third-order valence-corrected chi connectivity index (χ3v) is 4.25. The second kappa shape index (κ2) is 4.17. The summed E-state index contributed by atoms with van der Waals surface area (Å²) in [6, 6.07) is 0.218. The van der Waals surface area contributed by atoms with Crippen LogP contribution in [0, 0.1) is 0 Å². The Morgan fingerprint density at radius 2 is 2.00 bits per heavy atom. The molecule has 0 N–H and O–H groups in total. The highest BCUT2D eigenvalue weighted by Gasteiger charge is 2.65. The molecule has 112 valence electrons. The van der Waals surface area contributed by atoms with Gasteiger partial charge < -0.3 is 9.30 Å². The predicted octanol–water partition coefficient (Wildman–Crippen LogP) is 1.63. The summed E-state index contributed by atoms with van der Waals surface area (Å²) in [7, 11) is 1.58. The monoisotopic (exact) mass is 290 g/mol. The van der Waals surface area contributed by atoms with Crippen LogP contribution in [0.25, 0.3) is 0 Å². The largest absolute Gasteiger partial charge is 0.451 e. The van der Waals surface area contributed by atoms with E-state index in [1.54, 1.807) is 7.11 Å². The lowest BCUT2D eigenvalue weighted by Gasteiger charge is -2.39. The molecule has 8 heteroatoms. The van der Waals surface area contributed by atoms with Crippen molar-refractivity contribution in [2.75, 3.05) is 13.7 Å². The Hall–Kier alpha value is -1.15. The van der Waals surface area contributed by atoms with E-state index in [0.29, 0.717) is 18.8 Å². The Kier molecular flexibility index (Phi) is 2.88. The van der Waals surface area contributed by atoms with Crippen LogP contribution in [0.5, 0.6) is 0 Å². The zero-order valence-corrected chi connectivity index (χ0v) is 11.6. The summed E-state index contributed by atoms with van der Waals surface area (Å²) in [5.74, 6) is -0.520. The van der Waals surface area contributed by atoms with E-state index in [2.05, 4.69) is 15.1 Å². The lowest BCUT2D eigenvalue weighted by molar-refractivity contribution is -0.148. The lowest BCUT2D eigenvalue weighted by atomic mass is 10.1. The molecule has 20 heavy (non-hydrogen) atoms. The van der Waals surface area contributed by atoms with E-state index < -0.39 is 17.5 Å². The summed E-state index contributed by atoms with van der Waals surface area (Å²) in [4.78, 5) is 2.17. The van der Waals surface area contributed by atoms with Crippen LogP contribution in [0.15, 0.2) is 0 Å². The van der Waals surface area contributed by atoms with Crippen LogP contribution in [-0.2, 0) is 23.0 Å². The number of alkyl halides is 3. The van der Waals surface area contributed by atoms with Gasteiger partial charge in [-0.05, 0) is 13.8 Å². The fraction of sp³-hybridized carbons (Fsp3) is 0.833. The highest BCUT2D eigenvalue weighted by Crippen LogP contribution is 2.55. The third-order valence-electron chi connectivity index (χ3n) is 4.25. The van der Waals surface area contributed by atoms with Gasteiger partial charge in [-0.2, -0.15) is 13.2 Å². The molecule has 2 atom stereocenters. The molecule has 0 saturated heterocycles. The van der Waals surface area contributed by atoms with Gasteiger partial charge in [0, 0.05) is 32.7 Å². The van der Waals surface area contributed by atoms with Crippen LogP contribution in [0.1, 0.15) is 31.9 Å². The van der Waals surface area contributed by atoms with Crippen LogP contribution < -0.4 is 0 Å². The number of methoxy groups -OCH3 is 1. The van der Waals surface area contributed by atoms with Crippen molar-refractivity contribution in [1.82, 2.24) is 19.7 Å². The van der Waals surface area contributed by atoms with Crippen molar-refractivity contribution >= 4 is 0 Å². The number of hydrogen-bond acceptors (Lipinski definition) is 4. The number of halogens is 3. The van der Waals surface area contributed by atoms with Crippen molar-refractivity contribution in [3.05, 3.63) is 11.6 Å². The molecule has 5 nitrogen and oxygen atoms in total. The molecule has 2 unspecified atom stereocenters. The number of aromatic nitrogens is 3. The van der Waals surface area contributed by atoms with E-state index >= 15 is 0 Å². The molecule has 1 aliphatic carbocycles. The summed E-state index contributed by atoms with van der Waals surface area (Å²) in [5, 5.41) is 7.21. The highest BCUT2D eigenvalue weighted by atomic mass is 19.4. The van der Waals surface area contributed by atoms with Gasteiger partial charge >= 0.3 is 6.18 Å². The van der Waals surface area contributed by atoms with Gasteiger partial charge in [0.05, 0.1) is 6.10 Å². The first-order chi connectivity index (χ1) is 9.32. The Morgan fingerprint density at radius 3 is 2.50 bits per heavy atom. The van der Waals surface area contributed by atoms with Crippen LogP contribution in [0.4, 0.5) is 13.2 Å². The van der Waals surface area contributed by atoms with E-state index in [1.165, 1.54) is 4.57 Å². The Morgan fingerprint density at radius 1 is 1.30 bits per heavy atom. The average molecular weight is 290 g/mol. The van der Waals surface area contributed by atoms with Crippen LogP contribution in [0.2, 0.25) is 0 Å². The Balaban J connectivity index is 2.07. The first kappa shape index (κ1) is 13.8. The van der Waals surface area contributed by atoms with Gasteiger partial charge in [-0.3, -0.25) is 4.90 Å². The standard InChI is InChI=1S/C12H17F3N4O/c1-7(2)19-5-4-18-9(11(19)6-8(11)20-3)16-17-10(18)12(13,14)15/h7-8H,4-6H2,1-3H3. The van der Waals surface area contributed by atoms with E-state index in [0.717, 1.165) is 0 Å². The molecule has 0 amide bonds. The van der Waals surface area contributed by atoms with Crippen molar-refractivity contribution in [2.24, 2.45) is 0 Å². The zero-order valence-electron chi connectivity index (χ0n) is 11.6. The van der Waals surface area contributed by atoms with E-state index in [4.69, 9.17) is 4.74 Å². The second-order valence-corrected chi connectivity index (χ2v) is 5.64. The maximum absolute atomic E-state index is 12.9. The maximum Gasteiger partial charge on any atom is 0.451 e. The van der Waals surface area contributed by atoms with Gasteiger partial charge in [0.25, 0.3) is 0 Å². The molecule has 0 aromatic carbocycles. The topological polar surface area (TPSA) is 43.2 Å². The summed E-state index contributed by atoms with van der Waals surface area (Å²) < 4.78 is 45.4. The number of nitrogens with zero attached hydrogens (tertiary/aromatic N) is 4. The minimum Gasteiger partial charge on any atom is -0.379 e. The van der Waals surface area contributed by atoms with Crippen molar-refractivity contribution in [1.29, 1.82) is 0 Å². The molecule has 0 bridgehead atoms. The van der Waals surface area contributed by atoms with Crippen molar-refractivity contribution in [3.8, 4) is 0 Å². The molecule has 2 heterocycles. The van der Waals surface area contributed by atoms with Crippen molar-refractivity contribution in [3.63, 3.8) is 0 Å². The molecule has 1 aliphatic heterocycles. The second-order valence-electron chi connectivity index (χ2n) is 5.64. The SMILES string of the molecule is COC1CC12c1nnc(C(F)(F)F)n1CCN2C(C)C. The van der Waals surface area contributed by atoms with Crippen LogP contribution in [-0.4, -0.2) is 45.5 Å². The molecule has 1 aromatic rings. The Labute approximate surface area is 114 Å². The van der Waals surface area contributed by atoms with Gasteiger partial charge in [-0.25, -0.2) is 0 Å². The number of rotatable bonds is 2. The fourth-order valence-electron chi connectivity index (χ4n) is 3.34. The fourth-order valence-corrected chi connectivity index (χ4v) is 3.34. The molecule has 3 rings (SSSR count). The van der Waals surface area contributed by atoms with Gasteiger partial charge in [0.2, 0.25) is 5.82 Å². The molecule has 0 radical (unpaired) electrons. The molecular formula is C12H17F3N4O. The minimum absolute atomic E-state index is 0.116. The summed E-state index contributed by atoms with van der Waals surface area (Å²) >= 11 is 0. The Bertz CT molecular complexity index is 527. The number of fused-ring (bicyclic) bond motifs is 2. The zero-order chi connectivity index (χ0) is 14.7. The highest BCUT2D eigenvalue weighted by molar-refractivity contribution is 5.27. The quantitative estimate of drug-likeness (QED) is 0.830. The lowest BCUT2D eigenvalue weighted by Crippen LogP contribution is -2.50. The van der Waals surface area contributed by atoms with Crippen molar-refractivity contribution in [2.45, 2.75) is 50.7 Å². The summed E-state index contributed by atoms with van der Waals surface area (Å²) in [5.41, 5.74) is -0.544. The summed E-state index contributed by atoms with van der Waals surface area (Å²) in [6.45, 7) is 4.87. The van der Waals surface area contributed by atoms with Crippen molar-refractivity contribution < 1.29 is 17.9 Å². The maximum atomic E-state index is 12.9. The van der Waals surface area contributed by atoms with Gasteiger partial charge in [-0.15, -0.1) is 10.2 Å². The first-order valence-electron chi connectivity index (χ1n) is 6.62. The molecule has 1 aromatic heterocycles. The van der Waals surface area contributed by atoms with E-state index in [-0.39, 0.29) is 18.7 Å². The predicted molar refractivity (Wildman–Crippen MR) is 64.0 cm³/mol. The van der Waals surface area contributed by atoms with Crippen LogP contribution >= 0.6 is 0 Å². The summed E-state index contributed by atoms with van der Waals surface area (Å²) in [6.07, 6.45) is -3.92. The van der Waals surface area contributed by atoms with Gasteiger partial charge in [-0.1, -0.05) is 0 Å². The van der Waals surface area contributed by atoms with Gasteiger partial charge in [0.1, 0.15) is 5.54 Å². The molecule has 1 spiro atoms. The van der Waals surface area contributed by atoms with Crippen LogP contribution in [0.3, 0.4) is 0 Å². The normalized spacial score (nSPS) is 30.1. The minimum atomic E-state index is -4.47. The third kappa shape index (κ3) is 1.70. The number of hydrogen-bond donors (Lipinski definition) is 0.